The Bertz CT molecular complexity index is 981. The number of likely N-dealkylation sites (N-methyl/N-ethyl adjacent to an activating group) is 1. The van der Waals surface area contributed by atoms with E-state index in [9.17, 15) is 20.1 Å². The minimum atomic E-state index is -1.55. The minimum Gasteiger partial charge on any atom is -0.388 e. The number of rotatable bonds is 5. The number of ether oxygens (including phenoxy) is 2. The molecule has 4 N–H and O–H groups in total. The van der Waals surface area contributed by atoms with E-state index in [1.807, 2.05) is 25.1 Å². The molecule has 0 unspecified atom stereocenters. The number of fused-ring (bicyclic) bond motifs is 2. The maximum atomic E-state index is 11.8. The van der Waals surface area contributed by atoms with Crippen molar-refractivity contribution in [3.05, 3.63) is 55.7 Å². The van der Waals surface area contributed by atoms with Gasteiger partial charge in [0.25, 0.3) is 0 Å². The zero-order valence-electron chi connectivity index (χ0n) is 17.3. The van der Waals surface area contributed by atoms with Gasteiger partial charge in [-0.15, -0.1) is 11.3 Å². The molecule has 1 fully saturated rings. The highest BCUT2D eigenvalue weighted by Gasteiger charge is 2.57. The summed E-state index contributed by atoms with van der Waals surface area (Å²) in [6, 6.07) is 7.55. The molecule has 4 rings (SSSR count). The largest absolute Gasteiger partial charge is 0.388 e. The van der Waals surface area contributed by atoms with Gasteiger partial charge in [-0.1, -0.05) is 11.6 Å². The summed E-state index contributed by atoms with van der Waals surface area (Å²) in [5.74, 6) is -1.56. The SMILES string of the molecule is CCNC(=O)Cc1ccc(Cc2cc3c(cc2Cl)CO[C@]32O[C@H](C)[C@@H](O)[C@H](O)[C@H]2O)s1. The topological polar surface area (TPSA) is 108 Å². The fourth-order valence-corrected chi connectivity index (χ4v) is 5.46. The zero-order chi connectivity index (χ0) is 22.3. The number of aliphatic hydroxyl groups is 3. The average molecular weight is 468 g/mol. The fourth-order valence-electron chi connectivity index (χ4n) is 4.17. The second kappa shape index (κ2) is 8.78. The maximum Gasteiger partial charge on any atom is 0.225 e. The third-order valence-electron chi connectivity index (χ3n) is 5.79. The highest BCUT2D eigenvalue weighted by Crippen LogP contribution is 2.47. The first-order chi connectivity index (χ1) is 14.7. The van der Waals surface area contributed by atoms with E-state index in [2.05, 4.69) is 5.32 Å². The molecule has 2 aliphatic heterocycles. The van der Waals surface area contributed by atoms with Crippen LogP contribution >= 0.6 is 22.9 Å². The van der Waals surface area contributed by atoms with E-state index in [0.29, 0.717) is 30.0 Å². The molecule has 7 nitrogen and oxygen atoms in total. The summed E-state index contributed by atoms with van der Waals surface area (Å²) in [4.78, 5) is 13.8. The lowest BCUT2D eigenvalue weighted by molar-refractivity contribution is -0.362. The Morgan fingerprint density at radius 2 is 2.00 bits per heavy atom. The summed E-state index contributed by atoms with van der Waals surface area (Å²) >= 11 is 8.07. The van der Waals surface area contributed by atoms with Crippen molar-refractivity contribution in [3.63, 3.8) is 0 Å². The van der Waals surface area contributed by atoms with E-state index < -0.39 is 30.2 Å². The number of carbonyl (C=O) groups excluding carboxylic acids is 1. The minimum absolute atomic E-state index is 0.0103. The van der Waals surface area contributed by atoms with Crippen LogP contribution in [0.2, 0.25) is 5.02 Å². The third kappa shape index (κ3) is 4.14. The monoisotopic (exact) mass is 467 g/mol. The fraction of sp³-hybridized carbons (Fsp3) is 0.500. The lowest BCUT2D eigenvalue weighted by Crippen LogP contribution is -2.62. The van der Waals surface area contributed by atoms with Gasteiger partial charge in [0, 0.05) is 33.3 Å². The molecule has 9 heteroatoms. The van der Waals surface area contributed by atoms with Crippen molar-refractivity contribution in [2.75, 3.05) is 6.54 Å². The molecule has 2 aromatic rings. The molecule has 1 aromatic heterocycles. The predicted octanol–water partition coefficient (Wildman–Crippen LogP) is 1.86. The van der Waals surface area contributed by atoms with Crippen molar-refractivity contribution < 1.29 is 29.6 Å². The molecule has 0 aliphatic carbocycles. The van der Waals surface area contributed by atoms with Crippen LogP contribution in [0.3, 0.4) is 0 Å². The molecule has 31 heavy (non-hydrogen) atoms. The van der Waals surface area contributed by atoms with Gasteiger partial charge in [0.2, 0.25) is 11.7 Å². The second-order valence-electron chi connectivity index (χ2n) is 7.98. The molecule has 0 bridgehead atoms. The Morgan fingerprint density at radius 3 is 2.74 bits per heavy atom. The number of aliphatic hydroxyl groups excluding tert-OH is 3. The number of halogens is 1. The Morgan fingerprint density at radius 1 is 1.26 bits per heavy atom. The lowest BCUT2D eigenvalue weighted by atomic mass is 9.87. The first-order valence-corrected chi connectivity index (χ1v) is 11.5. The molecular formula is C22H26ClNO6S. The molecule has 2 aliphatic rings. The Kier molecular flexibility index (Phi) is 6.42. The van der Waals surface area contributed by atoms with Gasteiger partial charge >= 0.3 is 0 Å². The van der Waals surface area contributed by atoms with Crippen LogP contribution in [0.15, 0.2) is 24.3 Å². The van der Waals surface area contributed by atoms with Gasteiger partial charge in [0.1, 0.15) is 18.3 Å². The van der Waals surface area contributed by atoms with Crippen LogP contribution < -0.4 is 5.32 Å². The van der Waals surface area contributed by atoms with E-state index in [1.165, 1.54) is 0 Å². The summed E-state index contributed by atoms with van der Waals surface area (Å²) in [7, 11) is 0. The van der Waals surface area contributed by atoms with Gasteiger partial charge in [-0.25, -0.2) is 0 Å². The highest BCUT2D eigenvalue weighted by molar-refractivity contribution is 7.12. The second-order valence-corrected chi connectivity index (χ2v) is 9.64. The molecule has 0 saturated carbocycles. The van der Waals surface area contributed by atoms with Crippen LogP contribution in [-0.2, 0) is 39.5 Å². The van der Waals surface area contributed by atoms with Crippen molar-refractivity contribution >= 4 is 28.8 Å². The van der Waals surface area contributed by atoms with Crippen molar-refractivity contribution in [1.82, 2.24) is 5.32 Å². The number of carbonyl (C=O) groups is 1. The Labute approximate surface area is 189 Å². The van der Waals surface area contributed by atoms with Gasteiger partial charge < -0.3 is 30.1 Å². The average Bonchev–Trinajstić information content (AvgIpc) is 3.30. The summed E-state index contributed by atoms with van der Waals surface area (Å²) in [5, 5.41) is 34.5. The predicted molar refractivity (Wildman–Crippen MR) is 116 cm³/mol. The van der Waals surface area contributed by atoms with E-state index in [1.54, 1.807) is 24.3 Å². The molecule has 1 saturated heterocycles. The van der Waals surface area contributed by atoms with Crippen molar-refractivity contribution in [2.45, 2.75) is 63.5 Å². The Balaban J connectivity index is 1.61. The van der Waals surface area contributed by atoms with Crippen LogP contribution in [0, 0.1) is 0 Å². The van der Waals surface area contributed by atoms with Crippen LogP contribution in [-0.4, -0.2) is 52.2 Å². The smallest absolute Gasteiger partial charge is 0.225 e. The molecule has 3 heterocycles. The molecule has 1 aromatic carbocycles. The molecule has 5 atom stereocenters. The van der Waals surface area contributed by atoms with Gasteiger partial charge in [0.05, 0.1) is 19.1 Å². The number of nitrogens with one attached hydrogen (secondary N) is 1. The number of thiophene rings is 1. The summed E-state index contributed by atoms with van der Waals surface area (Å²) < 4.78 is 11.7. The number of hydrogen-bond acceptors (Lipinski definition) is 7. The number of amides is 1. The highest BCUT2D eigenvalue weighted by atomic mass is 35.5. The van der Waals surface area contributed by atoms with Crippen LogP contribution in [0.1, 0.15) is 40.3 Å². The van der Waals surface area contributed by atoms with Gasteiger partial charge in [-0.05, 0) is 49.2 Å². The molecular weight excluding hydrogens is 442 g/mol. The molecule has 168 valence electrons. The quantitative estimate of drug-likeness (QED) is 0.534. The maximum absolute atomic E-state index is 11.8. The van der Waals surface area contributed by atoms with E-state index in [4.69, 9.17) is 21.1 Å². The first-order valence-electron chi connectivity index (χ1n) is 10.3. The normalized spacial score (nSPS) is 29.9. The standard InChI is InChI=1S/C22H26ClNO6S/c1-3-24-18(25)9-15-5-4-14(31-15)6-12-7-16-13(8-17(12)23)10-29-22(16)21(28)20(27)19(26)11(2)30-22/h4-5,7-8,11,19-21,26-28H,3,6,9-10H2,1-2H3,(H,24,25)/t11-,19-,20+,21-,22+/m1/s1. The molecule has 0 radical (unpaired) electrons. The van der Waals surface area contributed by atoms with Crippen LogP contribution in [0.25, 0.3) is 0 Å². The number of benzene rings is 1. The summed E-state index contributed by atoms with van der Waals surface area (Å²) in [6.45, 7) is 4.29. The van der Waals surface area contributed by atoms with Crippen LogP contribution in [0.5, 0.6) is 0 Å². The van der Waals surface area contributed by atoms with Gasteiger partial charge in [0.15, 0.2) is 0 Å². The van der Waals surface area contributed by atoms with Crippen molar-refractivity contribution in [3.8, 4) is 0 Å². The van der Waals surface area contributed by atoms with E-state index >= 15 is 0 Å². The zero-order valence-corrected chi connectivity index (χ0v) is 18.9. The third-order valence-corrected chi connectivity index (χ3v) is 7.22. The Hall–Kier alpha value is -1.52. The van der Waals surface area contributed by atoms with Gasteiger partial charge in [-0.3, -0.25) is 4.79 Å². The van der Waals surface area contributed by atoms with E-state index in [-0.39, 0.29) is 12.5 Å². The van der Waals surface area contributed by atoms with Crippen molar-refractivity contribution in [2.24, 2.45) is 0 Å². The molecule has 1 amide bonds. The summed E-state index contributed by atoms with van der Waals surface area (Å²) in [6.07, 6.45) is -3.90. The lowest BCUT2D eigenvalue weighted by Gasteiger charge is -2.45. The number of hydrogen-bond donors (Lipinski definition) is 4. The van der Waals surface area contributed by atoms with E-state index in [0.717, 1.165) is 20.9 Å². The summed E-state index contributed by atoms with van der Waals surface area (Å²) in [5.41, 5.74) is 2.20. The van der Waals surface area contributed by atoms with Crippen LogP contribution in [0.4, 0.5) is 0 Å². The molecule has 1 spiro atoms. The van der Waals surface area contributed by atoms with Gasteiger partial charge in [-0.2, -0.15) is 0 Å². The first kappa shape index (κ1) is 22.7. The van der Waals surface area contributed by atoms with Crippen molar-refractivity contribution in [1.29, 1.82) is 0 Å².